The van der Waals surface area contributed by atoms with Crippen LogP contribution in [0.1, 0.15) is 71.4 Å². The Hall–Kier alpha value is -3.30. The molecule has 1 aromatic carbocycles. The number of phenolic OH excluding ortho intramolecular Hbond substituents is 1. The van der Waals surface area contributed by atoms with E-state index in [1.54, 1.807) is 39.0 Å². The van der Waals surface area contributed by atoms with E-state index >= 15 is 0 Å². The third kappa shape index (κ3) is 9.68. The average molecular weight is 479 g/mol. The van der Waals surface area contributed by atoms with Crippen LogP contribution in [0.4, 0.5) is 4.79 Å². The second-order valence-electron chi connectivity index (χ2n) is 9.11. The molecule has 0 fully saturated rings. The minimum absolute atomic E-state index is 0.0800. The maximum atomic E-state index is 13.4. The Bertz CT molecular complexity index is 852. The molecule has 1 rings (SSSR count). The fourth-order valence-electron chi connectivity index (χ4n) is 3.29. The van der Waals surface area contributed by atoms with Gasteiger partial charge in [0.2, 0.25) is 17.7 Å². The summed E-state index contributed by atoms with van der Waals surface area (Å²) >= 11 is 0. The van der Waals surface area contributed by atoms with Crippen LogP contribution in [0.2, 0.25) is 0 Å². The number of nitrogens with one attached hydrogen (secondary N) is 2. The molecule has 34 heavy (non-hydrogen) atoms. The van der Waals surface area contributed by atoms with Crippen molar-refractivity contribution < 1.29 is 29.0 Å². The van der Waals surface area contributed by atoms with Gasteiger partial charge in [0.1, 0.15) is 23.4 Å². The van der Waals surface area contributed by atoms with Gasteiger partial charge in [-0.15, -0.1) is 0 Å². The zero-order chi connectivity index (χ0) is 25.9. The summed E-state index contributed by atoms with van der Waals surface area (Å²) in [5.74, 6) is -1.90. The molecule has 10 heteroatoms. The number of likely N-dealkylation sites (N-methyl/N-ethyl adjacent to an activating group) is 1. The second kappa shape index (κ2) is 13.4. The highest BCUT2D eigenvalue weighted by Crippen LogP contribution is 2.29. The quantitative estimate of drug-likeness (QED) is 0.339. The van der Waals surface area contributed by atoms with Gasteiger partial charge in [0, 0.05) is 25.6 Å². The van der Waals surface area contributed by atoms with Gasteiger partial charge in [0.05, 0.1) is 0 Å². The minimum Gasteiger partial charge on any atom is -0.508 e. The predicted molar refractivity (Wildman–Crippen MR) is 128 cm³/mol. The van der Waals surface area contributed by atoms with Crippen molar-refractivity contribution in [3.63, 3.8) is 0 Å². The molecular weight excluding hydrogens is 440 g/mol. The molecule has 190 valence electrons. The summed E-state index contributed by atoms with van der Waals surface area (Å²) in [6.45, 7) is 7.49. The molecule has 2 unspecified atom stereocenters. The zero-order valence-corrected chi connectivity index (χ0v) is 20.7. The number of primary amides is 1. The van der Waals surface area contributed by atoms with Gasteiger partial charge in [-0.25, -0.2) is 4.79 Å². The largest absolute Gasteiger partial charge is 0.508 e. The van der Waals surface area contributed by atoms with E-state index in [4.69, 9.17) is 10.5 Å². The van der Waals surface area contributed by atoms with Crippen LogP contribution >= 0.6 is 0 Å². The third-order valence-electron chi connectivity index (χ3n) is 4.96. The van der Waals surface area contributed by atoms with Crippen molar-refractivity contribution >= 4 is 23.8 Å². The molecule has 0 radical (unpaired) electrons. The van der Waals surface area contributed by atoms with E-state index in [-0.39, 0.29) is 24.2 Å². The number of amides is 4. The molecular formula is C24H38N4O6. The molecule has 0 aromatic heterocycles. The summed E-state index contributed by atoms with van der Waals surface area (Å²) in [4.78, 5) is 51.3. The van der Waals surface area contributed by atoms with Gasteiger partial charge in [0.15, 0.2) is 0 Å². The molecule has 0 bridgehead atoms. The van der Waals surface area contributed by atoms with Gasteiger partial charge in [-0.1, -0.05) is 38.0 Å². The van der Waals surface area contributed by atoms with Crippen molar-refractivity contribution in [3.8, 4) is 5.75 Å². The van der Waals surface area contributed by atoms with Gasteiger partial charge in [-0.3, -0.25) is 14.4 Å². The van der Waals surface area contributed by atoms with Crippen LogP contribution in [-0.4, -0.2) is 59.1 Å². The van der Waals surface area contributed by atoms with Gasteiger partial charge in [0.25, 0.3) is 0 Å². The molecule has 4 amide bonds. The van der Waals surface area contributed by atoms with Crippen molar-refractivity contribution in [1.29, 1.82) is 0 Å². The number of ether oxygens (including phenoxy) is 1. The number of rotatable bonds is 12. The number of hydrogen-bond acceptors (Lipinski definition) is 6. The van der Waals surface area contributed by atoms with Crippen LogP contribution in [0.25, 0.3) is 0 Å². The summed E-state index contributed by atoms with van der Waals surface area (Å²) in [5.41, 5.74) is 4.68. The summed E-state index contributed by atoms with van der Waals surface area (Å²) in [6, 6.07) is 3.90. The highest BCUT2D eigenvalue weighted by molar-refractivity contribution is 5.92. The third-order valence-corrected chi connectivity index (χ3v) is 4.96. The van der Waals surface area contributed by atoms with Crippen LogP contribution in [0.5, 0.6) is 5.75 Å². The van der Waals surface area contributed by atoms with Crippen molar-refractivity contribution in [2.45, 2.75) is 77.5 Å². The second-order valence-corrected chi connectivity index (χ2v) is 9.11. The lowest BCUT2D eigenvalue weighted by atomic mass is 10.0. The molecule has 5 N–H and O–H groups in total. The lowest BCUT2D eigenvalue weighted by molar-refractivity contribution is -0.141. The monoisotopic (exact) mass is 478 g/mol. The predicted octanol–water partition coefficient (Wildman–Crippen LogP) is 2.36. The number of benzene rings is 1. The van der Waals surface area contributed by atoms with Crippen molar-refractivity contribution in [3.05, 3.63) is 29.8 Å². The Balaban J connectivity index is 3.20. The number of nitrogens with two attached hydrogens (primary N) is 1. The van der Waals surface area contributed by atoms with E-state index in [9.17, 15) is 24.3 Å². The lowest BCUT2D eigenvalue weighted by Crippen LogP contribution is -2.52. The minimum atomic E-state index is -1.17. The number of carbonyl (C=O) groups excluding carboxylic acids is 4. The summed E-state index contributed by atoms with van der Waals surface area (Å²) < 4.78 is 5.24. The average Bonchev–Trinajstić information content (AvgIpc) is 2.73. The first-order chi connectivity index (χ1) is 15.9. The lowest BCUT2D eigenvalue weighted by Gasteiger charge is -2.31. The number of phenols is 1. The molecule has 0 aliphatic rings. The van der Waals surface area contributed by atoms with E-state index in [2.05, 4.69) is 10.6 Å². The first kappa shape index (κ1) is 28.7. The smallest absolute Gasteiger partial charge is 0.408 e. The molecule has 2 atom stereocenters. The SMILES string of the molecule is CCCCCNC(=O)C(c1ccccc1O)N(C)C(=O)C(CCC(N)=O)NC(=O)OC(C)(C)C. The van der Waals surface area contributed by atoms with E-state index in [1.165, 1.54) is 13.1 Å². The highest BCUT2D eigenvalue weighted by atomic mass is 16.6. The molecule has 0 saturated carbocycles. The number of hydrogen-bond donors (Lipinski definition) is 4. The zero-order valence-electron chi connectivity index (χ0n) is 20.7. The topological polar surface area (TPSA) is 151 Å². The first-order valence-corrected chi connectivity index (χ1v) is 11.5. The van der Waals surface area contributed by atoms with Crippen LogP contribution in [0.3, 0.4) is 0 Å². The fraction of sp³-hybridized carbons (Fsp3) is 0.583. The van der Waals surface area contributed by atoms with E-state index in [0.717, 1.165) is 24.2 Å². The number of aromatic hydroxyl groups is 1. The molecule has 0 saturated heterocycles. The van der Waals surface area contributed by atoms with Gasteiger partial charge in [-0.2, -0.15) is 0 Å². The van der Waals surface area contributed by atoms with Crippen LogP contribution < -0.4 is 16.4 Å². The van der Waals surface area contributed by atoms with E-state index < -0.39 is 41.5 Å². The molecule has 1 aromatic rings. The number of alkyl carbamates (subject to hydrolysis) is 1. The number of carbonyl (C=O) groups is 4. The van der Waals surface area contributed by atoms with Gasteiger partial charge < -0.3 is 31.1 Å². The van der Waals surface area contributed by atoms with E-state index in [1.807, 2.05) is 6.92 Å². The first-order valence-electron chi connectivity index (χ1n) is 11.5. The van der Waals surface area contributed by atoms with Crippen molar-refractivity contribution in [2.75, 3.05) is 13.6 Å². The fourth-order valence-corrected chi connectivity index (χ4v) is 3.29. The van der Waals surface area contributed by atoms with Gasteiger partial charge >= 0.3 is 6.09 Å². The molecule has 0 spiro atoms. The summed E-state index contributed by atoms with van der Waals surface area (Å²) in [6.07, 6.45) is 1.61. The molecule has 0 aliphatic heterocycles. The van der Waals surface area contributed by atoms with E-state index in [0.29, 0.717) is 6.54 Å². The number of nitrogens with zero attached hydrogens (tertiary/aromatic N) is 1. The van der Waals surface area contributed by atoms with Crippen molar-refractivity contribution in [2.24, 2.45) is 5.73 Å². The Morgan fingerprint density at radius 1 is 1.15 bits per heavy atom. The maximum absolute atomic E-state index is 13.4. The Kier molecular flexibility index (Phi) is 11.3. The standard InChI is InChI=1S/C24H38N4O6/c1-6-7-10-15-26-21(31)20(16-11-8-9-12-18(16)29)28(5)22(32)17(13-14-19(25)30)27-23(33)34-24(2,3)4/h8-9,11-12,17,20,29H,6-7,10,13-15H2,1-5H3,(H2,25,30)(H,26,31)(H,27,33). The maximum Gasteiger partial charge on any atom is 0.408 e. The normalized spacial score (nSPS) is 12.9. The molecule has 10 nitrogen and oxygen atoms in total. The number of para-hydroxylation sites is 1. The molecule has 0 aliphatic carbocycles. The van der Waals surface area contributed by atoms with Crippen LogP contribution in [0.15, 0.2) is 24.3 Å². The Labute approximate surface area is 201 Å². The summed E-state index contributed by atoms with van der Waals surface area (Å²) in [5, 5.41) is 15.7. The molecule has 0 heterocycles. The highest BCUT2D eigenvalue weighted by Gasteiger charge is 2.35. The Morgan fingerprint density at radius 2 is 1.79 bits per heavy atom. The van der Waals surface area contributed by atoms with Gasteiger partial charge in [-0.05, 0) is 39.7 Å². The van der Waals surface area contributed by atoms with Crippen molar-refractivity contribution in [1.82, 2.24) is 15.5 Å². The van der Waals surface area contributed by atoms with Crippen LogP contribution in [0, 0.1) is 0 Å². The van der Waals surface area contributed by atoms with Crippen LogP contribution in [-0.2, 0) is 19.1 Å². The summed E-state index contributed by atoms with van der Waals surface area (Å²) in [7, 11) is 1.40. The number of unbranched alkanes of at least 4 members (excludes halogenated alkanes) is 2. The Morgan fingerprint density at radius 3 is 2.35 bits per heavy atom.